The van der Waals surface area contributed by atoms with Crippen LogP contribution in [0.1, 0.15) is 11.4 Å². The number of para-hydroxylation sites is 2. The Bertz CT molecular complexity index is 1060. The third kappa shape index (κ3) is 4.45. The molecule has 0 unspecified atom stereocenters. The maximum Gasteiger partial charge on any atom is 0.260 e. The van der Waals surface area contributed by atoms with Crippen molar-refractivity contribution in [3.05, 3.63) is 54.4 Å². The van der Waals surface area contributed by atoms with E-state index in [0.29, 0.717) is 37.7 Å². The van der Waals surface area contributed by atoms with Crippen LogP contribution >= 0.6 is 0 Å². The fraction of sp³-hybridized carbons (Fsp3) is 0.364. The molecule has 1 aliphatic rings. The second-order valence-electron chi connectivity index (χ2n) is 7.33. The van der Waals surface area contributed by atoms with Gasteiger partial charge in [-0.25, -0.2) is 15.0 Å². The number of carbonyl (C=O) groups excluding carboxylic acids is 1. The van der Waals surface area contributed by atoms with Crippen LogP contribution in [-0.4, -0.2) is 70.2 Å². The molecule has 0 spiro atoms. The predicted molar refractivity (Wildman–Crippen MR) is 116 cm³/mol. The van der Waals surface area contributed by atoms with Crippen LogP contribution in [0.5, 0.6) is 11.5 Å². The highest BCUT2D eigenvalue weighted by atomic mass is 16.5. The second kappa shape index (κ2) is 9.03. The van der Waals surface area contributed by atoms with Gasteiger partial charge in [0.15, 0.2) is 18.1 Å². The Morgan fingerprint density at radius 2 is 1.71 bits per heavy atom. The standard InChI is InChI=1S/C22H26N6O3/c1-16-17(2)28(15-25-16)21-12-20(23-14-24-21)26-8-10-27(11-9-26)22(29)13-31-19-7-5-4-6-18(19)30-3/h4-7,12,14-15H,8-11,13H2,1-3H3. The molecule has 1 fully saturated rings. The molecule has 3 heterocycles. The van der Waals surface area contributed by atoms with Crippen molar-refractivity contribution in [2.45, 2.75) is 13.8 Å². The van der Waals surface area contributed by atoms with Gasteiger partial charge in [0, 0.05) is 37.9 Å². The predicted octanol–water partition coefficient (Wildman–Crippen LogP) is 2.02. The first kappa shape index (κ1) is 20.6. The number of carbonyl (C=O) groups is 1. The van der Waals surface area contributed by atoms with Crippen molar-refractivity contribution in [3.63, 3.8) is 0 Å². The molecule has 3 aromatic rings. The summed E-state index contributed by atoms with van der Waals surface area (Å²) in [4.78, 5) is 29.7. The summed E-state index contributed by atoms with van der Waals surface area (Å²) in [7, 11) is 1.58. The Balaban J connectivity index is 1.35. The minimum atomic E-state index is -0.0431. The van der Waals surface area contributed by atoms with Gasteiger partial charge in [0.2, 0.25) is 0 Å². The molecule has 0 saturated carbocycles. The quantitative estimate of drug-likeness (QED) is 0.601. The van der Waals surface area contributed by atoms with Gasteiger partial charge in [-0.3, -0.25) is 9.36 Å². The smallest absolute Gasteiger partial charge is 0.260 e. The Morgan fingerprint density at radius 1 is 1.00 bits per heavy atom. The third-order valence-electron chi connectivity index (χ3n) is 5.51. The highest BCUT2D eigenvalue weighted by Gasteiger charge is 2.23. The third-order valence-corrected chi connectivity index (χ3v) is 5.51. The summed E-state index contributed by atoms with van der Waals surface area (Å²) in [5.41, 5.74) is 2.03. The maximum atomic E-state index is 12.6. The highest BCUT2D eigenvalue weighted by molar-refractivity contribution is 5.78. The Morgan fingerprint density at radius 3 is 2.39 bits per heavy atom. The molecule has 1 aliphatic heterocycles. The van der Waals surface area contributed by atoms with Gasteiger partial charge < -0.3 is 19.3 Å². The average molecular weight is 422 g/mol. The summed E-state index contributed by atoms with van der Waals surface area (Å²) in [6.07, 6.45) is 3.34. The van der Waals surface area contributed by atoms with Crippen molar-refractivity contribution in [1.82, 2.24) is 24.4 Å². The highest BCUT2D eigenvalue weighted by Crippen LogP contribution is 2.25. The molecule has 1 aromatic carbocycles. The number of nitrogens with zero attached hydrogens (tertiary/aromatic N) is 6. The van der Waals surface area contributed by atoms with E-state index in [4.69, 9.17) is 9.47 Å². The Labute approximate surface area is 181 Å². The fourth-order valence-corrected chi connectivity index (χ4v) is 3.53. The minimum Gasteiger partial charge on any atom is -0.493 e. The van der Waals surface area contributed by atoms with Crippen molar-refractivity contribution in [1.29, 1.82) is 0 Å². The molecule has 9 heteroatoms. The summed E-state index contributed by atoms with van der Waals surface area (Å²) in [6, 6.07) is 9.27. The molecule has 2 aromatic heterocycles. The number of anilines is 1. The number of benzene rings is 1. The lowest BCUT2D eigenvalue weighted by Crippen LogP contribution is -2.50. The van der Waals surface area contributed by atoms with E-state index < -0.39 is 0 Å². The number of aryl methyl sites for hydroxylation is 1. The summed E-state index contributed by atoms with van der Waals surface area (Å²) >= 11 is 0. The van der Waals surface area contributed by atoms with Crippen LogP contribution in [-0.2, 0) is 4.79 Å². The largest absolute Gasteiger partial charge is 0.493 e. The Hall–Kier alpha value is -3.62. The molecule has 9 nitrogen and oxygen atoms in total. The number of rotatable bonds is 6. The maximum absolute atomic E-state index is 12.6. The SMILES string of the molecule is COc1ccccc1OCC(=O)N1CCN(c2cc(-n3cnc(C)c3C)ncn2)CC1. The van der Waals surface area contributed by atoms with Crippen LogP contribution < -0.4 is 14.4 Å². The molecule has 0 atom stereocenters. The number of hydrogen-bond acceptors (Lipinski definition) is 7. The number of aromatic nitrogens is 4. The van der Waals surface area contributed by atoms with E-state index in [1.54, 1.807) is 31.9 Å². The van der Waals surface area contributed by atoms with Gasteiger partial charge in [0.25, 0.3) is 5.91 Å². The first-order chi connectivity index (χ1) is 15.1. The number of methoxy groups -OCH3 is 1. The molecular formula is C22H26N6O3. The number of ether oxygens (including phenoxy) is 2. The van der Waals surface area contributed by atoms with Crippen LogP contribution in [0.2, 0.25) is 0 Å². The van der Waals surface area contributed by atoms with Crippen LogP contribution in [0.4, 0.5) is 5.82 Å². The second-order valence-corrected chi connectivity index (χ2v) is 7.33. The van der Waals surface area contributed by atoms with Crippen molar-refractivity contribution in [3.8, 4) is 17.3 Å². The minimum absolute atomic E-state index is 0.0166. The lowest BCUT2D eigenvalue weighted by atomic mass is 10.3. The summed E-state index contributed by atoms with van der Waals surface area (Å²) < 4.78 is 12.9. The molecule has 1 amide bonds. The Kier molecular flexibility index (Phi) is 6.01. The summed E-state index contributed by atoms with van der Waals surface area (Å²) in [5, 5.41) is 0. The van der Waals surface area contributed by atoms with E-state index in [2.05, 4.69) is 19.9 Å². The summed E-state index contributed by atoms with van der Waals surface area (Å²) in [5.74, 6) is 2.76. The van der Waals surface area contributed by atoms with Gasteiger partial charge in [-0.2, -0.15) is 0 Å². The molecule has 1 saturated heterocycles. The molecule has 0 bridgehead atoms. The van der Waals surface area contributed by atoms with E-state index in [1.807, 2.05) is 41.5 Å². The van der Waals surface area contributed by atoms with Crippen molar-refractivity contribution >= 4 is 11.7 Å². The molecular weight excluding hydrogens is 396 g/mol. The van der Waals surface area contributed by atoms with E-state index in [9.17, 15) is 4.79 Å². The van der Waals surface area contributed by atoms with Gasteiger partial charge in [-0.1, -0.05) is 12.1 Å². The number of imidazole rings is 1. The van der Waals surface area contributed by atoms with Crippen molar-refractivity contribution < 1.29 is 14.3 Å². The zero-order valence-corrected chi connectivity index (χ0v) is 18.0. The summed E-state index contributed by atoms with van der Waals surface area (Å²) in [6.45, 7) is 6.57. The number of amides is 1. The first-order valence-corrected chi connectivity index (χ1v) is 10.2. The molecule has 0 radical (unpaired) electrons. The van der Waals surface area contributed by atoms with Gasteiger partial charge in [-0.05, 0) is 26.0 Å². The van der Waals surface area contributed by atoms with Gasteiger partial charge >= 0.3 is 0 Å². The lowest BCUT2D eigenvalue weighted by molar-refractivity contribution is -0.133. The lowest BCUT2D eigenvalue weighted by Gasteiger charge is -2.35. The van der Waals surface area contributed by atoms with E-state index in [1.165, 1.54) is 0 Å². The van der Waals surface area contributed by atoms with Gasteiger partial charge in [0.05, 0.1) is 12.8 Å². The average Bonchev–Trinajstić information content (AvgIpc) is 3.16. The molecule has 0 N–H and O–H groups in total. The van der Waals surface area contributed by atoms with Crippen molar-refractivity contribution in [2.24, 2.45) is 0 Å². The van der Waals surface area contributed by atoms with E-state index in [0.717, 1.165) is 23.0 Å². The first-order valence-electron chi connectivity index (χ1n) is 10.2. The molecule has 0 aliphatic carbocycles. The van der Waals surface area contributed by atoms with Gasteiger partial charge in [0.1, 0.15) is 24.3 Å². The van der Waals surface area contributed by atoms with Crippen LogP contribution in [0.3, 0.4) is 0 Å². The van der Waals surface area contributed by atoms with Gasteiger partial charge in [-0.15, -0.1) is 0 Å². The zero-order valence-electron chi connectivity index (χ0n) is 18.0. The molecule has 162 valence electrons. The topological polar surface area (TPSA) is 85.6 Å². The van der Waals surface area contributed by atoms with E-state index in [-0.39, 0.29) is 12.5 Å². The number of piperazine rings is 1. The van der Waals surface area contributed by atoms with E-state index >= 15 is 0 Å². The monoisotopic (exact) mass is 422 g/mol. The molecule has 31 heavy (non-hydrogen) atoms. The van der Waals surface area contributed by atoms with Crippen molar-refractivity contribution in [2.75, 3.05) is 44.8 Å². The van der Waals surface area contributed by atoms with Crippen LogP contribution in [0.25, 0.3) is 5.82 Å². The fourth-order valence-electron chi connectivity index (χ4n) is 3.53. The van der Waals surface area contributed by atoms with Crippen LogP contribution in [0, 0.1) is 13.8 Å². The zero-order chi connectivity index (χ0) is 21.8. The normalized spacial score (nSPS) is 13.9. The number of hydrogen-bond donors (Lipinski definition) is 0. The van der Waals surface area contributed by atoms with Crippen LogP contribution in [0.15, 0.2) is 43.0 Å². The molecule has 4 rings (SSSR count).